The van der Waals surface area contributed by atoms with Gasteiger partial charge in [-0.25, -0.2) is 0 Å². The first-order valence-corrected chi connectivity index (χ1v) is 32.4. The molecule has 0 rings (SSSR count). The Morgan fingerprint density at radius 1 is 0.273 bits per heavy atom. The Hall–Kier alpha value is -3.93. The largest absolute Gasteiger partial charge is 0.462 e. The van der Waals surface area contributed by atoms with Gasteiger partial charge < -0.3 is 14.2 Å². The van der Waals surface area contributed by atoms with Crippen LogP contribution in [-0.4, -0.2) is 37.2 Å². The van der Waals surface area contributed by atoms with Crippen molar-refractivity contribution in [2.75, 3.05) is 13.2 Å². The Labute approximate surface area is 476 Å². The Balaban J connectivity index is 4.39. The molecule has 0 aliphatic rings. The van der Waals surface area contributed by atoms with Crippen molar-refractivity contribution in [3.05, 3.63) is 109 Å². The minimum absolute atomic E-state index is 0.0880. The molecule has 0 aromatic rings. The molecule has 0 aliphatic carbocycles. The molecule has 1 unspecified atom stereocenters. The molecule has 0 aliphatic heterocycles. The topological polar surface area (TPSA) is 78.9 Å². The molecule has 0 N–H and O–H groups in total. The molecule has 77 heavy (non-hydrogen) atoms. The zero-order chi connectivity index (χ0) is 55.7. The van der Waals surface area contributed by atoms with Crippen molar-refractivity contribution in [2.45, 2.75) is 309 Å². The molecule has 6 heteroatoms. The molecule has 0 aromatic carbocycles. The van der Waals surface area contributed by atoms with Crippen molar-refractivity contribution >= 4 is 17.9 Å². The number of rotatable bonds is 58. The van der Waals surface area contributed by atoms with Gasteiger partial charge in [0.05, 0.1) is 0 Å². The molecule has 0 spiro atoms. The van der Waals surface area contributed by atoms with Crippen LogP contribution in [0.15, 0.2) is 109 Å². The summed E-state index contributed by atoms with van der Waals surface area (Å²) in [6.07, 6.45) is 88.0. The van der Waals surface area contributed by atoms with Crippen LogP contribution in [0.5, 0.6) is 0 Å². The van der Waals surface area contributed by atoms with E-state index in [1.807, 2.05) is 0 Å². The van der Waals surface area contributed by atoms with E-state index in [1.54, 1.807) is 0 Å². The third-order valence-corrected chi connectivity index (χ3v) is 13.7. The Kier molecular flexibility index (Phi) is 61.3. The molecule has 0 fully saturated rings. The highest BCUT2D eigenvalue weighted by atomic mass is 16.6. The maximum absolute atomic E-state index is 12.9. The second kappa shape index (κ2) is 64.6. The third-order valence-electron chi connectivity index (χ3n) is 13.7. The normalized spacial score (nSPS) is 12.8. The second-order valence-corrected chi connectivity index (χ2v) is 21.3. The summed E-state index contributed by atoms with van der Waals surface area (Å²) in [7, 11) is 0. The van der Waals surface area contributed by atoms with Gasteiger partial charge in [0.1, 0.15) is 13.2 Å². The average Bonchev–Trinajstić information content (AvgIpc) is 3.43. The van der Waals surface area contributed by atoms with Gasteiger partial charge in [0.25, 0.3) is 0 Å². The summed E-state index contributed by atoms with van der Waals surface area (Å²) in [5.74, 6) is -0.905. The zero-order valence-corrected chi connectivity index (χ0v) is 50.4. The lowest BCUT2D eigenvalue weighted by atomic mass is 10.1. The van der Waals surface area contributed by atoms with E-state index >= 15 is 0 Å². The van der Waals surface area contributed by atoms with E-state index in [2.05, 4.69) is 130 Å². The quantitative estimate of drug-likeness (QED) is 0.0261. The fourth-order valence-electron chi connectivity index (χ4n) is 8.95. The maximum atomic E-state index is 12.9. The Morgan fingerprint density at radius 2 is 0.506 bits per heavy atom. The molecular formula is C71H120O6. The highest BCUT2D eigenvalue weighted by molar-refractivity contribution is 5.71. The molecular weight excluding hydrogens is 949 g/mol. The van der Waals surface area contributed by atoms with Crippen LogP contribution in [-0.2, 0) is 28.6 Å². The summed E-state index contributed by atoms with van der Waals surface area (Å²) < 4.78 is 16.9. The number of allylic oxidation sites excluding steroid dienone is 18. The summed E-state index contributed by atoms with van der Waals surface area (Å²) in [6, 6.07) is 0. The van der Waals surface area contributed by atoms with Crippen LogP contribution in [0.25, 0.3) is 0 Å². The smallest absolute Gasteiger partial charge is 0.306 e. The third kappa shape index (κ3) is 62.8. The van der Waals surface area contributed by atoms with Gasteiger partial charge in [-0.3, -0.25) is 14.4 Å². The molecule has 0 heterocycles. The lowest BCUT2D eigenvalue weighted by Gasteiger charge is -2.18. The Bertz CT molecular complexity index is 1560. The van der Waals surface area contributed by atoms with Crippen molar-refractivity contribution in [1.29, 1.82) is 0 Å². The minimum Gasteiger partial charge on any atom is -0.462 e. The fraction of sp³-hybridized carbons (Fsp3) is 0.704. The number of carbonyl (C=O) groups is 3. The number of hydrogen-bond donors (Lipinski definition) is 0. The highest BCUT2D eigenvalue weighted by Gasteiger charge is 2.19. The second-order valence-electron chi connectivity index (χ2n) is 21.3. The first-order chi connectivity index (χ1) is 38.0. The molecule has 6 nitrogen and oxygen atoms in total. The van der Waals surface area contributed by atoms with E-state index in [1.165, 1.54) is 135 Å². The van der Waals surface area contributed by atoms with Crippen molar-refractivity contribution in [3.63, 3.8) is 0 Å². The van der Waals surface area contributed by atoms with Gasteiger partial charge in [0.15, 0.2) is 6.10 Å². The highest BCUT2D eigenvalue weighted by Crippen LogP contribution is 2.16. The van der Waals surface area contributed by atoms with E-state index in [-0.39, 0.29) is 31.1 Å². The molecule has 1 atom stereocenters. The van der Waals surface area contributed by atoms with Gasteiger partial charge in [-0.2, -0.15) is 0 Å². The van der Waals surface area contributed by atoms with Crippen molar-refractivity contribution in [3.8, 4) is 0 Å². The minimum atomic E-state index is -0.793. The monoisotopic (exact) mass is 1070 g/mol. The van der Waals surface area contributed by atoms with Crippen LogP contribution in [0, 0.1) is 0 Å². The average molecular weight is 1070 g/mol. The van der Waals surface area contributed by atoms with Gasteiger partial charge in [0.2, 0.25) is 0 Å². The Morgan fingerprint density at radius 3 is 0.792 bits per heavy atom. The van der Waals surface area contributed by atoms with E-state index < -0.39 is 6.10 Å². The van der Waals surface area contributed by atoms with E-state index in [4.69, 9.17) is 14.2 Å². The predicted molar refractivity (Wildman–Crippen MR) is 334 cm³/mol. The lowest BCUT2D eigenvalue weighted by molar-refractivity contribution is -0.167. The fourth-order valence-corrected chi connectivity index (χ4v) is 8.95. The standard InChI is InChI=1S/C71H120O6/c1-4-7-10-13-16-19-22-25-28-30-32-34-35-37-38-40-43-46-49-52-55-58-61-64-70(73)76-67-68(66-75-69(72)63-60-57-54-51-48-45-42-27-24-21-18-15-12-9-6-3)77-71(74)65-62-59-56-53-50-47-44-41-39-36-33-31-29-26-23-20-17-14-11-8-5-2/h7,9-10,12,16,18-19,21,23,25-28,31-34,42,68H,4-6,8,11,13-15,17,20,22,24,29-30,35-41,43-67H2,1-3H3/b10-7-,12-9-,19-16-,21-18-,26-23-,28-25-,33-31-,34-32-,42-27-. The summed E-state index contributed by atoms with van der Waals surface area (Å²) in [5, 5.41) is 0. The maximum Gasteiger partial charge on any atom is 0.306 e. The van der Waals surface area contributed by atoms with Crippen LogP contribution in [0.4, 0.5) is 0 Å². The SMILES string of the molecule is CC/C=C\C/C=C\C/C=C\C/C=C\CCCCCCCCCCCCC(=O)OCC(COC(=O)CCCCCCC/C=C\C/C=C\C/C=C\CC)OC(=O)CCCCCCCCCCC/C=C\C/C=C\CCCCCCC. The zero-order valence-electron chi connectivity index (χ0n) is 50.4. The number of unbranched alkanes of at least 4 members (excludes halogenated alkanes) is 29. The molecule has 0 amide bonds. The van der Waals surface area contributed by atoms with E-state index in [0.717, 1.165) is 128 Å². The van der Waals surface area contributed by atoms with E-state index in [9.17, 15) is 14.4 Å². The van der Waals surface area contributed by atoms with Crippen LogP contribution in [0.2, 0.25) is 0 Å². The van der Waals surface area contributed by atoms with Gasteiger partial charge >= 0.3 is 17.9 Å². The molecule has 0 saturated carbocycles. The number of ether oxygens (including phenoxy) is 3. The summed E-state index contributed by atoms with van der Waals surface area (Å²) in [6.45, 7) is 6.41. The summed E-state index contributed by atoms with van der Waals surface area (Å²) in [5.41, 5.74) is 0. The van der Waals surface area contributed by atoms with Crippen molar-refractivity contribution < 1.29 is 28.6 Å². The van der Waals surface area contributed by atoms with Crippen LogP contribution >= 0.6 is 0 Å². The molecule has 0 saturated heterocycles. The van der Waals surface area contributed by atoms with E-state index in [0.29, 0.717) is 19.3 Å². The number of hydrogen-bond acceptors (Lipinski definition) is 6. The summed E-state index contributed by atoms with van der Waals surface area (Å²) >= 11 is 0. The molecule has 0 radical (unpaired) electrons. The van der Waals surface area contributed by atoms with Crippen LogP contribution in [0.3, 0.4) is 0 Å². The molecule has 440 valence electrons. The predicted octanol–water partition coefficient (Wildman–Crippen LogP) is 22.2. The van der Waals surface area contributed by atoms with Crippen molar-refractivity contribution in [1.82, 2.24) is 0 Å². The first-order valence-electron chi connectivity index (χ1n) is 32.4. The van der Waals surface area contributed by atoms with Gasteiger partial charge in [-0.15, -0.1) is 0 Å². The summed E-state index contributed by atoms with van der Waals surface area (Å²) in [4.78, 5) is 38.4. The molecule has 0 aromatic heterocycles. The van der Waals surface area contributed by atoms with Crippen LogP contribution in [0.1, 0.15) is 303 Å². The van der Waals surface area contributed by atoms with Crippen LogP contribution < -0.4 is 0 Å². The van der Waals surface area contributed by atoms with Crippen molar-refractivity contribution in [2.24, 2.45) is 0 Å². The number of esters is 3. The first kappa shape index (κ1) is 73.1. The van der Waals surface area contributed by atoms with Gasteiger partial charge in [0, 0.05) is 19.3 Å². The molecule has 0 bridgehead atoms. The van der Waals surface area contributed by atoms with Gasteiger partial charge in [-0.05, 0) is 122 Å². The number of carbonyl (C=O) groups excluding carboxylic acids is 3. The van der Waals surface area contributed by atoms with Gasteiger partial charge in [-0.1, -0.05) is 271 Å². The lowest BCUT2D eigenvalue weighted by Crippen LogP contribution is -2.30.